The van der Waals surface area contributed by atoms with Gasteiger partial charge in [0, 0.05) is 37.0 Å². The molecular formula is C22H23FN4O3S2. The summed E-state index contributed by atoms with van der Waals surface area (Å²) in [5.74, 6) is -0.169. The maximum atomic E-state index is 14.0. The molecular weight excluding hydrogens is 451 g/mol. The minimum Gasteiger partial charge on any atom is -0.450 e. The summed E-state index contributed by atoms with van der Waals surface area (Å²) in [6, 6.07) is 8.06. The number of likely N-dealkylation sites (tertiary alicyclic amines) is 1. The lowest BCUT2D eigenvalue weighted by molar-refractivity contribution is 0.0970. The van der Waals surface area contributed by atoms with Crippen LogP contribution in [0.3, 0.4) is 0 Å². The lowest BCUT2D eigenvalue weighted by atomic mass is 9.98. The fourth-order valence-corrected chi connectivity index (χ4v) is 5.31. The number of nitrogens with zero attached hydrogens (tertiary/aromatic N) is 4. The summed E-state index contributed by atoms with van der Waals surface area (Å²) in [5.41, 5.74) is 1.91. The van der Waals surface area contributed by atoms with Gasteiger partial charge in [0.2, 0.25) is 5.16 Å². The molecule has 1 fully saturated rings. The second-order valence-corrected chi connectivity index (χ2v) is 9.68. The number of thiazole rings is 1. The zero-order chi connectivity index (χ0) is 22.7. The predicted molar refractivity (Wildman–Crippen MR) is 121 cm³/mol. The minimum atomic E-state index is -1.32. The Hall–Kier alpha value is -2.72. The smallest absolute Gasteiger partial charge is 0.409 e. The Bertz CT molecular complexity index is 1150. The SMILES string of the molecule is CCOC(=O)N1CCC(c2nc(-c3cccc(F)c3)c(-c3ccnc(S(C)=O)n3)s2)CC1. The monoisotopic (exact) mass is 474 g/mol. The van der Waals surface area contributed by atoms with Crippen LogP contribution in [0.25, 0.3) is 21.8 Å². The highest BCUT2D eigenvalue weighted by Crippen LogP contribution is 2.41. The molecule has 32 heavy (non-hydrogen) atoms. The summed E-state index contributed by atoms with van der Waals surface area (Å²) in [6.07, 6.45) is 4.35. The van der Waals surface area contributed by atoms with Crippen LogP contribution < -0.4 is 0 Å². The quantitative estimate of drug-likeness (QED) is 0.507. The van der Waals surface area contributed by atoms with Crippen LogP contribution in [0.5, 0.6) is 0 Å². The van der Waals surface area contributed by atoms with Gasteiger partial charge in [0.1, 0.15) is 5.82 Å². The molecule has 0 aliphatic carbocycles. The second kappa shape index (κ2) is 9.83. The number of carbonyl (C=O) groups excluding carboxylic acids is 1. The molecule has 0 radical (unpaired) electrons. The predicted octanol–water partition coefficient (Wildman–Crippen LogP) is 4.48. The summed E-state index contributed by atoms with van der Waals surface area (Å²) < 4.78 is 31.0. The van der Waals surface area contributed by atoms with Crippen LogP contribution >= 0.6 is 11.3 Å². The lowest BCUT2D eigenvalue weighted by Gasteiger charge is -2.30. The van der Waals surface area contributed by atoms with Crippen LogP contribution in [-0.4, -0.2) is 56.1 Å². The molecule has 1 amide bonds. The molecule has 1 aliphatic heterocycles. The third-order valence-electron chi connectivity index (χ3n) is 5.24. The zero-order valence-corrected chi connectivity index (χ0v) is 19.4. The van der Waals surface area contributed by atoms with Crippen LogP contribution in [0.1, 0.15) is 30.7 Å². The Morgan fingerprint density at radius 3 is 2.75 bits per heavy atom. The van der Waals surface area contributed by atoms with Gasteiger partial charge in [-0.3, -0.25) is 4.21 Å². The van der Waals surface area contributed by atoms with E-state index in [2.05, 4.69) is 9.97 Å². The third kappa shape index (κ3) is 4.86. The molecule has 1 atom stereocenters. The Morgan fingerprint density at radius 1 is 1.28 bits per heavy atom. The van der Waals surface area contributed by atoms with Gasteiger partial charge in [0.15, 0.2) is 0 Å². The average Bonchev–Trinajstić information content (AvgIpc) is 3.25. The van der Waals surface area contributed by atoms with Gasteiger partial charge in [-0.05, 0) is 38.0 Å². The summed E-state index contributed by atoms with van der Waals surface area (Å²) in [6.45, 7) is 3.35. The van der Waals surface area contributed by atoms with Gasteiger partial charge in [-0.15, -0.1) is 11.3 Å². The highest BCUT2D eigenvalue weighted by Gasteiger charge is 2.28. The maximum absolute atomic E-state index is 14.0. The summed E-state index contributed by atoms with van der Waals surface area (Å²) in [5, 5.41) is 1.16. The first-order chi connectivity index (χ1) is 15.5. The second-order valence-electron chi connectivity index (χ2n) is 7.38. The molecule has 3 aromatic rings. The van der Waals surface area contributed by atoms with E-state index in [0.717, 1.165) is 22.7 Å². The summed E-state index contributed by atoms with van der Waals surface area (Å²) in [4.78, 5) is 27.9. The van der Waals surface area contributed by atoms with Gasteiger partial charge in [-0.25, -0.2) is 24.1 Å². The van der Waals surface area contributed by atoms with Crippen LogP contribution in [0.4, 0.5) is 9.18 Å². The van der Waals surface area contributed by atoms with Gasteiger partial charge in [-0.1, -0.05) is 12.1 Å². The molecule has 3 heterocycles. The number of aromatic nitrogens is 3. The number of ether oxygens (including phenoxy) is 1. The van der Waals surface area contributed by atoms with Gasteiger partial charge in [0.25, 0.3) is 0 Å². The van der Waals surface area contributed by atoms with Crippen molar-refractivity contribution in [3.05, 3.63) is 47.4 Å². The number of hydrogen-bond acceptors (Lipinski definition) is 7. The van der Waals surface area contributed by atoms with E-state index in [0.29, 0.717) is 36.6 Å². The molecule has 0 N–H and O–H groups in total. The van der Waals surface area contributed by atoms with Crippen molar-refractivity contribution >= 4 is 28.2 Å². The lowest BCUT2D eigenvalue weighted by Crippen LogP contribution is -2.38. The van der Waals surface area contributed by atoms with Crippen molar-refractivity contribution in [3.8, 4) is 21.8 Å². The number of piperidine rings is 1. The number of halogens is 1. The van der Waals surface area contributed by atoms with Crippen LogP contribution in [-0.2, 0) is 15.5 Å². The van der Waals surface area contributed by atoms with Gasteiger partial charge < -0.3 is 9.64 Å². The molecule has 168 valence electrons. The zero-order valence-electron chi connectivity index (χ0n) is 17.8. The molecule has 4 rings (SSSR count). The molecule has 2 aromatic heterocycles. The van der Waals surface area contributed by atoms with Crippen molar-refractivity contribution in [2.45, 2.75) is 30.8 Å². The van der Waals surface area contributed by atoms with Gasteiger partial charge >= 0.3 is 6.09 Å². The van der Waals surface area contributed by atoms with Crippen molar-refractivity contribution in [2.24, 2.45) is 0 Å². The molecule has 1 aliphatic rings. The van der Waals surface area contributed by atoms with E-state index >= 15 is 0 Å². The van der Waals surface area contributed by atoms with Gasteiger partial charge in [0.05, 0.1) is 38.7 Å². The largest absolute Gasteiger partial charge is 0.450 e. The topological polar surface area (TPSA) is 85.3 Å². The van der Waals surface area contributed by atoms with E-state index in [-0.39, 0.29) is 23.0 Å². The minimum absolute atomic E-state index is 0.174. The van der Waals surface area contributed by atoms with E-state index < -0.39 is 10.8 Å². The first kappa shape index (κ1) is 22.5. The summed E-state index contributed by atoms with van der Waals surface area (Å²) >= 11 is 1.50. The molecule has 10 heteroatoms. The first-order valence-electron chi connectivity index (χ1n) is 10.3. The number of benzene rings is 1. The standard InChI is InChI=1S/C22H23FN4O3S2/c1-3-30-22(28)27-11-8-14(9-12-27)20-26-18(15-5-4-6-16(23)13-15)19(31-20)17-7-10-24-21(25-17)32(2)29/h4-7,10,13-14H,3,8-9,11-12H2,1-2H3. The summed E-state index contributed by atoms with van der Waals surface area (Å²) in [7, 11) is -1.32. The van der Waals surface area contributed by atoms with Crippen molar-refractivity contribution in [1.82, 2.24) is 19.9 Å². The van der Waals surface area contributed by atoms with E-state index in [1.165, 1.54) is 29.7 Å². The molecule has 0 saturated carbocycles. The molecule has 7 nitrogen and oxygen atoms in total. The number of hydrogen-bond donors (Lipinski definition) is 0. The van der Waals surface area contributed by atoms with Crippen molar-refractivity contribution in [2.75, 3.05) is 26.0 Å². The average molecular weight is 475 g/mol. The fourth-order valence-electron chi connectivity index (χ4n) is 3.65. The van der Waals surface area contributed by atoms with Crippen LogP contribution in [0.15, 0.2) is 41.7 Å². The van der Waals surface area contributed by atoms with Crippen molar-refractivity contribution in [1.29, 1.82) is 0 Å². The van der Waals surface area contributed by atoms with E-state index in [9.17, 15) is 13.4 Å². The van der Waals surface area contributed by atoms with Crippen molar-refractivity contribution < 1.29 is 18.1 Å². The fraction of sp³-hybridized carbons (Fsp3) is 0.364. The molecule has 1 unspecified atom stereocenters. The number of amides is 1. The molecule has 1 saturated heterocycles. The Labute approximate surface area is 192 Å². The first-order valence-corrected chi connectivity index (χ1v) is 12.7. The molecule has 0 spiro atoms. The third-order valence-corrected chi connectivity index (χ3v) is 7.19. The number of carbonyl (C=O) groups is 1. The Kier molecular flexibility index (Phi) is 6.90. The van der Waals surface area contributed by atoms with Crippen LogP contribution in [0, 0.1) is 5.82 Å². The highest BCUT2D eigenvalue weighted by atomic mass is 32.2. The highest BCUT2D eigenvalue weighted by molar-refractivity contribution is 7.84. The number of rotatable bonds is 5. The maximum Gasteiger partial charge on any atom is 0.409 e. The molecule has 1 aromatic carbocycles. The normalized spacial score (nSPS) is 15.5. The van der Waals surface area contributed by atoms with Gasteiger partial charge in [-0.2, -0.15) is 0 Å². The van der Waals surface area contributed by atoms with E-state index in [1.54, 1.807) is 30.2 Å². The Balaban J connectivity index is 1.68. The van der Waals surface area contributed by atoms with Crippen LogP contribution in [0.2, 0.25) is 0 Å². The van der Waals surface area contributed by atoms with Crippen molar-refractivity contribution in [3.63, 3.8) is 0 Å². The van der Waals surface area contributed by atoms with E-state index in [1.807, 2.05) is 6.07 Å². The van der Waals surface area contributed by atoms with E-state index in [4.69, 9.17) is 9.72 Å². The Morgan fingerprint density at radius 2 is 2.06 bits per heavy atom. The molecule has 0 bridgehead atoms.